The molecule has 2 heterocycles. The summed E-state index contributed by atoms with van der Waals surface area (Å²) in [5, 5.41) is 3.11. The Morgan fingerprint density at radius 2 is 1.71 bits per heavy atom. The molecule has 1 atom stereocenters. The molecule has 2 fully saturated rings. The van der Waals surface area contributed by atoms with E-state index in [2.05, 4.69) is 10.2 Å². The van der Waals surface area contributed by atoms with Crippen molar-refractivity contribution in [3.63, 3.8) is 0 Å². The van der Waals surface area contributed by atoms with Crippen LogP contribution in [-0.2, 0) is 16.1 Å². The number of rotatable bonds is 4. The van der Waals surface area contributed by atoms with Crippen molar-refractivity contribution >= 4 is 11.8 Å². The van der Waals surface area contributed by atoms with Crippen molar-refractivity contribution < 1.29 is 9.59 Å². The molecule has 0 spiro atoms. The number of likely N-dealkylation sites (tertiary alicyclic amines) is 2. The van der Waals surface area contributed by atoms with Crippen LogP contribution in [0.15, 0.2) is 30.3 Å². The zero-order valence-corrected chi connectivity index (χ0v) is 17.6. The maximum atomic E-state index is 12.7. The fourth-order valence-corrected chi connectivity index (χ4v) is 4.39. The fourth-order valence-electron chi connectivity index (χ4n) is 4.39. The fraction of sp³-hybridized carbons (Fsp3) is 0.652. The predicted molar refractivity (Wildman–Crippen MR) is 112 cm³/mol. The van der Waals surface area contributed by atoms with Crippen molar-refractivity contribution in [1.29, 1.82) is 0 Å². The van der Waals surface area contributed by atoms with Gasteiger partial charge in [-0.3, -0.25) is 14.5 Å². The van der Waals surface area contributed by atoms with Gasteiger partial charge in [-0.2, -0.15) is 0 Å². The minimum absolute atomic E-state index is 0.0756. The molecular formula is C23H35N3O2. The van der Waals surface area contributed by atoms with Crippen LogP contribution in [0.25, 0.3) is 0 Å². The molecule has 3 rings (SSSR count). The summed E-state index contributed by atoms with van der Waals surface area (Å²) in [6.45, 7) is 10.2. The second kappa shape index (κ2) is 9.08. The average Bonchev–Trinajstić information content (AvgIpc) is 2.72. The quantitative estimate of drug-likeness (QED) is 0.867. The van der Waals surface area contributed by atoms with E-state index in [1.165, 1.54) is 0 Å². The molecule has 2 saturated heterocycles. The molecule has 1 aromatic rings. The first kappa shape index (κ1) is 20.8. The minimum Gasteiger partial charge on any atom is -0.352 e. The first-order valence-corrected chi connectivity index (χ1v) is 10.7. The van der Waals surface area contributed by atoms with Crippen LogP contribution in [-0.4, -0.2) is 53.8 Å². The summed E-state index contributed by atoms with van der Waals surface area (Å²) >= 11 is 0. The third-order valence-corrected chi connectivity index (χ3v) is 6.04. The molecule has 5 heteroatoms. The van der Waals surface area contributed by atoms with Gasteiger partial charge in [-0.05, 0) is 37.8 Å². The van der Waals surface area contributed by atoms with E-state index in [9.17, 15) is 9.59 Å². The van der Waals surface area contributed by atoms with Crippen molar-refractivity contribution in [2.75, 3.05) is 26.2 Å². The van der Waals surface area contributed by atoms with E-state index < -0.39 is 0 Å². The monoisotopic (exact) mass is 385 g/mol. The van der Waals surface area contributed by atoms with Gasteiger partial charge in [-0.25, -0.2) is 0 Å². The molecule has 0 aliphatic carbocycles. The molecule has 2 aliphatic rings. The van der Waals surface area contributed by atoms with Crippen molar-refractivity contribution in [1.82, 2.24) is 15.1 Å². The predicted octanol–water partition coefficient (Wildman–Crippen LogP) is 3.05. The highest BCUT2D eigenvalue weighted by atomic mass is 16.2. The molecule has 5 nitrogen and oxygen atoms in total. The minimum atomic E-state index is -0.306. The molecule has 28 heavy (non-hydrogen) atoms. The number of carbonyl (C=O) groups is 2. The van der Waals surface area contributed by atoms with E-state index in [0.717, 1.165) is 57.4 Å². The molecule has 0 saturated carbocycles. The van der Waals surface area contributed by atoms with Crippen LogP contribution in [0.1, 0.15) is 52.0 Å². The van der Waals surface area contributed by atoms with Crippen LogP contribution in [0.3, 0.4) is 0 Å². The van der Waals surface area contributed by atoms with Gasteiger partial charge in [0.2, 0.25) is 11.8 Å². The maximum absolute atomic E-state index is 12.7. The summed E-state index contributed by atoms with van der Waals surface area (Å²) in [5.41, 5.74) is 0.833. The van der Waals surface area contributed by atoms with Gasteiger partial charge in [-0.15, -0.1) is 0 Å². The molecule has 0 bridgehead atoms. The van der Waals surface area contributed by atoms with Crippen LogP contribution in [0.5, 0.6) is 0 Å². The first-order valence-electron chi connectivity index (χ1n) is 10.7. The van der Waals surface area contributed by atoms with Crippen molar-refractivity contribution in [3.8, 4) is 0 Å². The summed E-state index contributed by atoms with van der Waals surface area (Å²) in [4.78, 5) is 29.7. The standard InChI is InChI=1S/C23H35N3O2/c1-23(2,3)22(28)25-14-11-20(12-15-25)26-13-7-10-19(17-26)21(27)24-16-18-8-5-4-6-9-18/h4-6,8-9,19-20H,7,10-17H2,1-3H3,(H,24,27)/t19-/m0/s1. The summed E-state index contributed by atoms with van der Waals surface area (Å²) in [5.74, 6) is 0.503. The van der Waals surface area contributed by atoms with Crippen LogP contribution in [0.2, 0.25) is 0 Å². The van der Waals surface area contributed by atoms with Gasteiger partial charge >= 0.3 is 0 Å². The van der Waals surface area contributed by atoms with Gasteiger partial charge in [0, 0.05) is 37.6 Å². The molecule has 2 aliphatic heterocycles. The number of nitrogens with zero attached hydrogens (tertiary/aromatic N) is 2. The average molecular weight is 386 g/mol. The third kappa shape index (κ3) is 5.34. The van der Waals surface area contributed by atoms with E-state index in [4.69, 9.17) is 0 Å². The highest BCUT2D eigenvalue weighted by Crippen LogP contribution is 2.26. The summed E-state index contributed by atoms with van der Waals surface area (Å²) < 4.78 is 0. The van der Waals surface area contributed by atoms with Crippen LogP contribution in [0, 0.1) is 11.3 Å². The number of benzene rings is 1. The van der Waals surface area contributed by atoms with E-state index >= 15 is 0 Å². The third-order valence-electron chi connectivity index (χ3n) is 6.04. The van der Waals surface area contributed by atoms with Crippen molar-refractivity contribution in [2.45, 2.75) is 59.0 Å². The van der Waals surface area contributed by atoms with Gasteiger partial charge in [0.05, 0.1) is 5.92 Å². The number of nitrogens with one attached hydrogen (secondary N) is 1. The molecule has 2 amide bonds. The van der Waals surface area contributed by atoms with E-state index in [-0.39, 0.29) is 23.1 Å². The number of hydrogen-bond acceptors (Lipinski definition) is 3. The number of piperidine rings is 2. The Kier molecular flexibility index (Phi) is 6.76. The topological polar surface area (TPSA) is 52.7 Å². The van der Waals surface area contributed by atoms with Gasteiger partial charge in [0.25, 0.3) is 0 Å². The normalized spacial score (nSPS) is 22.1. The van der Waals surface area contributed by atoms with Crippen molar-refractivity contribution in [3.05, 3.63) is 35.9 Å². The van der Waals surface area contributed by atoms with Crippen LogP contribution in [0.4, 0.5) is 0 Å². The maximum Gasteiger partial charge on any atom is 0.227 e. The highest BCUT2D eigenvalue weighted by Gasteiger charge is 2.34. The molecule has 154 valence electrons. The SMILES string of the molecule is CC(C)(C)C(=O)N1CCC(N2CCC[C@H](C(=O)NCc3ccccc3)C2)CC1. The highest BCUT2D eigenvalue weighted by molar-refractivity contribution is 5.81. The molecule has 1 N–H and O–H groups in total. The zero-order chi connectivity index (χ0) is 20.1. The van der Waals surface area contributed by atoms with Crippen LogP contribution >= 0.6 is 0 Å². The van der Waals surface area contributed by atoms with Crippen molar-refractivity contribution in [2.24, 2.45) is 11.3 Å². The Balaban J connectivity index is 1.47. The second-order valence-electron chi connectivity index (χ2n) is 9.31. The van der Waals surface area contributed by atoms with Gasteiger partial charge in [-0.1, -0.05) is 51.1 Å². The van der Waals surface area contributed by atoms with Gasteiger partial charge < -0.3 is 10.2 Å². The largest absolute Gasteiger partial charge is 0.352 e. The Labute approximate surface area is 169 Å². The van der Waals surface area contributed by atoms with Gasteiger partial charge in [0.1, 0.15) is 0 Å². The molecule has 0 unspecified atom stereocenters. The molecule has 1 aromatic carbocycles. The summed E-state index contributed by atoms with van der Waals surface area (Å²) in [7, 11) is 0. The molecule has 0 aromatic heterocycles. The Morgan fingerprint density at radius 3 is 2.36 bits per heavy atom. The lowest BCUT2D eigenvalue weighted by molar-refractivity contribution is -0.141. The summed E-state index contributed by atoms with van der Waals surface area (Å²) in [6.07, 6.45) is 4.07. The summed E-state index contributed by atoms with van der Waals surface area (Å²) in [6, 6.07) is 10.6. The first-order chi connectivity index (χ1) is 13.3. The molecular weight excluding hydrogens is 350 g/mol. The molecule has 0 radical (unpaired) electrons. The Hall–Kier alpha value is -1.88. The van der Waals surface area contributed by atoms with Crippen LogP contribution < -0.4 is 5.32 Å². The lowest BCUT2D eigenvalue weighted by atomic mass is 9.91. The zero-order valence-electron chi connectivity index (χ0n) is 17.6. The lowest BCUT2D eigenvalue weighted by Gasteiger charge is -2.43. The second-order valence-corrected chi connectivity index (χ2v) is 9.31. The number of carbonyl (C=O) groups excluding carboxylic acids is 2. The lowest BCUT2D eigenvalue weighted by Crippen LogP contribution is -2.52. The van der Waals surface area contributed by atoms with E-state index in [0.29, 0.717) is 12.6 Å². The van der Waals surface area contributed by atoms with Gasteiger partial charge in [0.15, 0.2) is 0 Å². The Morgan fingerprint density at radius 1 is 1.04 bits per heavy atom. The smallest absolute Gasteiger partial charge is 0.227 e. The number of hydrogen-bond donors (Lipinski definition) is 1. The van der Waals surface area contributed by atoms with E-state index in [1.807, 2.05) is 56.0 Å². The number of amides is 2. The van der Waals surface area contributed by atoms with E-state index in [1.54, 1.807) is 0 Å². The Bertz CT molecular complexity index is 660.